The fourth-order valence-corrected chi connectivity index (χ4v) is 2.66. The smallest absolute Gasteiger partial charge is 0.407 e. The van der Waals surface area contributed by atoms with Crippen LogP contribution < -0.4 is 5.32 Å². The summed E-state index contributed by atoms with van der Waals surface area (Å²) in [5.41, 5.74) is 3.11. The van der Waals surface area contributed by atoms with Crippen LogP contribution in [-0.4, -0.2) is 11.2 Å². The minimum absolute atomic E-state index is 0.0381. The summed E-state index contributed by atoms with van der Waals surface area (Å²) < 4.78 is 5.23. The fourth-order valence-electron chi connectivity index (χ4n) is 2.66. The molecule has 2 N–H and O–H groups in total. The number of aromatic hydroxyl groups is 1. The molecule has 3 rings (SSSR count). The van der Waals surface area contributed by atoms with Crippen molar-refractivity contribution < 1.29 is 14.6 Å². The summed E-state index contributed by atoms with van der Waals surface area (Å²) in [6, 6.07) is 14.8. The third-order valence-electron chi connectivity index (χ3n) is 3.71. The van der Waals surface area contributed by atoms with Gasteiger partial charge in [0.25, 0.3) is 0 Å². The molecule has 0 heterocycles. The Bertz CT molecular complexity index is 640. The molecule has 0 aliphatic heterocycles. The van der Waals surface area contributed by atoms with Gasteiger partial charge in [-0.05, 0) is 41.7 Å². The van der Waals surface area contributed by atoms with E-state index in [1.165, 1.54) is 0 Å². The third kappa shape index (κ3) is 3.16. The van der Waals surface area contributed by atoms with Crippen LogP contribution in [0.2, 0.25) is 0 Å². The number of phenols is 1. The summed E-state index contributed by atoms with van der Waals surface area (Å²) in [5, 5.41) is 12.3. The molecule has 21 heavy (non-hydrogen) atoms. The van der Waals surface area contributed by atoms with Gasteiger partial charge < -0.3 is 15.2 Å². The lowest BCUT2D eigenvalue weighted by Crippen LogP contribution is -2.27. The number of alkyl carbamates (subject to hydrolysis) is 1. The van der Waals surface area contributed by atoms with E-state index in [2.05, 4.69) is 5.32 Å². The first-order chi connectivity index (χ1) is 10.2. The average molecular weight is 283 g/mol. The van der Waals surface area contributed by atoms with Gasteiger partial charge in [-0.2, -0.15) is 0 Å². The molecular formula is C17H17NO3. The number of phenolic OH excluding ortho intramolecular Hbond substituents is 1. The van der Waals surface area contributed by atoms with Gasteiger partial charge in [0.15, 0.2) is 0 Å². The van der Waals surface area contributed by atoms with E-state index in [0.717, 1.165) is 29.5 Å². The predicted molar refractivity (Wildman–Crippen MR) is 78.9 cm³/mol. The molecule has 4 nitrogen and oxygen atoms in total. The minimum Gasteiger partial charge on any atom is -0.508 e. The zero-order valence-corrected chi connectivity index (χ0v) is 11.6. The molecule has 0 fully saturated rings. The molecule has 1 aliphatic rings. The Morgan fingerprint density at radius 3 is 2.86 bits per heavy atom. The van der Waals surface area contributed by atoms with E-state index < -0.39 is 6.09 Å². The van der Waals surface area contributed by atoms with Crippen LogP contribution in [0.5, 0.6) is 5.75 Å². The summed E-state index contributed by atoms with van der Waals surface area (Å²) in [5.74, 6) is 0.265. The molecule has 108 valence electrons. The van der Waals surface area contributed by atoms with Crippen molar-refractivity contribution in [1.29, 1.82) is 0 Å². The van der Waals surface area contributed by atoms with Gasteiger partial charge in [0.2, 0.25) is 0 Å². The summed E-state index contributed by atoms with van der Waals surface area (Å²) in [4.78, 5) is 11.9. The number of nitrogens with one attached hydrogen (secondary N) is 1. The zero-order chi connectivity index (χ0) is 14.7. The first-order valence-electron chi connectivity index (χ1n) is 7.01. The quantitative estimate of drug-likeness (QED) is 0.908. The molecule has 0 radical (unpaired) electrons. The summed E-state index contributed by atoms with van der Waals surface area (Å²) in [6.07, 6.45) is 1.27. The molecule has 1 aliphatic carbocycles. The maximum Gasteiger partial charge on any atom is 0.407 e. The Hall–Kier alpha value is -2.49. The van der Waals surface area contributed by atoms with E-state index in [9.17, 15) is 9.90 Å². The summed E-state index contributed by atoms with van der Waals surface area (Å²) >= 11 is 0. The molecule has 2 aromatic rings. The Morgan fingerprint density at radius 2 is 2.05 bits per heavy atom. The highest BCUT2D eigenvalue weighted by molar-refractivity contribution is 5.68. The van der Waals surface area contributed by atoms with Crippen LogP contribution in [-0.2, 0) is 17.8 Å². The summed E-state index contributed by atoms with van der Waals surface area (Å²) in [6.45, 7) is 0.266. The van der Waals surface area contributed by atoms with Gasteiger partial charge in [-0.3, -0.25) is 0 Å². The molecule has 1 atom stereocenters. The number of fused-ring (bicyclic) bond motifs is 1. The molecule has 0 saturated heterocycles. The molecular weight excluding hydrogens is 266 g/mol. The van der Waals surface area contributed by atoms with Crippen LogP contribution >= 0.6 is 0 Å². The van der Waals surface area contributed by atoms with E-state index in [0.29, 0.717) is 0 Å². The third-order valence-corrected chi connectivity index (χ3v) is 3.71. The Kier molecular flexibility index (Phi) is 3.77. The van der Waals surface area contributed by atoms with Gasteiger partial charge in [-0.15, -0.1) is 0 Å². The van der Waals surface area contributed by atoms with Crippen LogP contribution in [0.1, 0.15) is 29.2 Å². The van der Waals surface area contributed by atoms with E-state index in [1.807, 2.05) is 36.4 Å². The van der Waals surface area contributed by atoms with Crippen LogP contribution in [0.4, 0.5) is 4.79 Å². The van der Waals surface area contributed by atoms with E-state index in [4.69, 9.17) is 4.74 Å². The Labute approximate surface area is 123 Å². The topological polar surface area (TPSA) is 58.6 Å². The monoisotopic (exact) mass is 283 g/mol. The van der Waals surface area contributed by atoms with Crippen molar-refractivity contribution in [2.75, 3.05) is 0 Å². The number of hydrogen-bond acceptors (Lipinski definition) is 3. The van der Waals surface area contributed by atoms with Crippen molar-refractivity contribution in [1.82, 2.24) is 5.32 Å². The first kappa shape index (κ1) is 13.5. The van der Waals surface area contributed by atoms with Crippen molar-refractivity contribution in [2.24, 2.45) is 0 Å². The lowest BCUT2D eigenvalue weighted by molar-refractivity contribution is 0.135. The molecule has 0 bridgehead atoms. The molecule has 4 heteroatoms. The lowest BCUT2D eigenvalue weighted by Gasteiger charge is -2.14. The Morgan fingerprint density at radius 1 is 1.24 bits per heavy atom. The second kappa shape index (κ2) is 5.87. The number of rotatable bonds is 3. The van der Waals surface area contributed by atoms with Crippen molar-refractivity contribution in [3.8, 4) is 5.75 Å². The van der Waals surface area contributed by atoms with Gasteiger partial charge in [-0.1, -0.05) is 36.4 Å². The maximum atomic E-state index is 11.9. The lowest BCUT2D eigenvalue weighted by atomic mass is 10.1. The van der Waals surface area contributed by atoms with Gasteiger partial charge >= 0.3 is 6.09 Å². The van der Waals surface area contributed by atoms with Gasteiger partial charge in [0.05, 0.1) is 6.04 Å². The first-order valence-corrected chi connectivity index (χ1v) is 7.01. The molecule has 0 aromatic heterocycles. The normalized spacial score (nSPS) is 16.3. The number of amides is 1. The van der Waals surface area contributed by atoms with Gasteiger partial charge in [0.1, 0.15) is 12.4 Å². The molecule has 0 saturated carbocycles. The highest BCUT2D eigenvalue weighted by Crippen LogP contribution is 2.33. The van der Waals surface area contributed by atoms with Crippen LogP contribution in [0.25, 0.3) is 0 Å². The van der Waals surface area contributed by atoms with E-state index >= 15 is 0 Å². The zero-order valence-electron chi connectivity index (χ0n) is 11.6. The van der Waals surface area contributed by atoms with Crippen molar-refractivity contribution in [3.63, 3.8) is 0 Å². The highest BCUT2D eigenvalue weighted by atomic mass is 16.5. The molecule has 1 amide bonds. The number of benzene rings is 2. The second-order valence-corrected chi connectivity index (χ2v) is 5.18. The fraction of sp³-hybridized carbons (Fsp3) is 0.235. The number of ether oxygens (including phenoxy) is 1. The van der Waals surface area contributed by atoms with E-state index in [-0.39, 0.29) is 18.4 Å². The maximum absolute atomic E-state index is 11.9. The summed E-state index contributed by atoms with van der Waals surface area (Å²) in [7, 11) is 0. The van der Waals surface area contributed by atoms with Crippen molar-refractivity contribution in [3.05, 3.63) is 65.2 Å². The average Bonchev–Trinajstić information content (AvgIpc) is 2.88. The van der Waals surface area contributed by atoms with Crippen LogP contribution in [0.3, 0.4) is 0 Å². The SMILES string of the molecule is O=C(NC1CCc2cc(O)ccc21)OCc1ccccc1. The van der Waals surface area contributed by atoms with Crippen molar-refractivity contribution in [2.45, 2.75) is 25.5 Å². The number of aryl methyl sites for hydroxylation is 1. The second-order valence-electron chi connectivity index (χ2n) is 5.18. The van der Waals surface area contributed by atoms with Crippen LogP contribution in [0, 0.1) is 0 Å². The standard InChI is InChI=1S/C17H17NO3/c19-14-7-8-15-13(10-14)6-9-16(15)18-17(20)21-11-12-4-2-1-3-5-12/h1-5,7-8,10,16,19H,6,9,11H2,(H,18,20). The van der Waals surface area contributed by atoms with Gasteiger partial charge in [0, 0.05) is 0 Å². The largest absolute Gasteiger partial charge is 0.508 e. The number of carbonyl (C=O) groups excluding carboxylic acids is 1. The molecule has 2 aromatic carbocycles. The van der Waals surface area contributed by atoms with Gasteiger partial charge in [-0.25, -0.2) is 4.79 Å². The highest BCUT2D eigenvalue weighted by Gasteiger charge is 2.24. The molecule has 0 spiro atoms. The minimum atomic E-state index is -0.412. The van der Waals surface area contributed by atoms with Crippen LogP contribution in [0.15, 0.2) is 48.5 Å². The van der Waals surface area contributed by atoms with E-state index in [1.54, 1.807) is 12.1 Å². The molecule has 1 unspecified atom stereocenters. The number of carbonyl (C=O) groups is 1. The number of hydrogen-bond donors (Lipinski definition) is 2. The van der Waals surface area contributed by atoms with Crippen molar-refractivity contribution >= 4 is 6.09 Å². The Balaban J connectivity index is 1.57. The predicted octanol–water partition coefficient (Wildman–Crippen LogP) is 3.31.